The minimum Gasteiger partial charge on any atom is -0.336 e. The number of halogens is 2. The molecule has 0 spiro atoms. The first kappa shape index (κ1) is 30.5. The maximum atomic E-state index is 15.9. The predicted octanol–water partition coefficient (Wildman–Crippen LogP) is 1.38. The van der Waals surface area contributed by atoms with Crippen molar-refractivity contribution in [2.75, 3.05) is 26.3 Å². The third-order valence-electron chi connectivity index (χ3n) is 11.1. The number of nitrogens with one attached hydrogen (secondary N) is 5. The number of hydrogen-bond acceptors (Lipinski definition) is 7. The zero-order valence-corrected chi connectivity index (χ0v) is 26.2. The number of hydrogen-bond donors (Lipinski definition) is 5. The molecule has 42 heavy (non-hydrogen) atoms. The van der Waals surface area contributed by atoms with Gasteiger partial charge in [0.15, 0.2) is 0 Å². The van der Waals surface area contributed by atoms with Crippen LogP contribution in [0.1, 0.15) is 53.4 Å². The molecule has 12 unspecified atom stereocenters. The number of amides is 3. The van der Waals surface area contributed by atoms with Gasteiger partial charge in [0.2, 0.25) is 5.91 Å². The molecule has 3 amide bonds. The minimum atomic E-state index is -0.949. The largest absolute Gasteiger partial charge is 0.336 e. The van der Waals surface area contributed by atoms with Gasteiger partial charge in [-0.25, -0.2) is 9.18 Å². The lowest BCUT2D eigenvalue weighted by molar-refractivity contribution is -0.131. The fourth-order valence-electron chi connectivity index (χ4n) is 9.19. The highest BCUT2D eigenvalue weighted by atomic mass is 35.5. The van der Waals surface area contributed by atoms with Crippen LogP contribution in [0, 0.1) is 17.8 Å². The molecule has 0 aromatic carbocycles. The van der Waals surface area contributed by atoms with E-state index in [4.69, 9.17) is 11.6 Å². The first-order chi connectivity index (χ1) is 20.1. The Bertz CT molecular complexity index is 1040. The molecule has 0 aromatic rings. The van der Waals surface area contributed by atoms with Gasteiger partial charge in [0, 0.05) is 79.8 Å². The minimum absolute atomic E-state index is 0.0104. The number of piperazine rings is 1. The molecule has 0 radical (unpaired) electrons. The lowest BCUT2D eigenvalue weighted by Crippen LogP contribution is -2.83. The highest BCUT2D eigenvalue weighted by Crippen LogP contribution is 2.42. The summed E-state index contributed by atoms with van der Waals surface area (Å²) in [6.07, 6.45) is 2.88. The SMILES string of the molecule is C=CC(=O)N1CCN(C2NC(=O)N3C4NC(C(Cl)CC42)C2C(F)CCCC2NC(C)C2NCNC(C(C)C)C23)[C@@H](C)C1. The van der Waals surface area contributed by atoms with Gasteiger partial charge < -0.3 is 20.4 Å². The lowest BCUT2D eigenvalue weighted by atomic mass is 9.71. The highest BCUT2D eigenvalue weighted by molar-refractivity contribution is 6.21. The molecule has 12 heteroatoms. The number of nitrogens with zero attached hydrogens (tertiary/aromatic N) is 3. The van der Waals surface area contributed by atoms with Gasteiger partial charge in [-0.05, 0) is 51.5 Å². The number of rotatable bonds is 3. The standard InChI is InChI=1S/C30H50ClFN8O2/c1-6-22(41)38-10-11-39(16(4)13-38)28-18-12-19(31)26-23-20(32)8-7-9-21(23)35-17(5)25-27(24(15(2)3)33-14-34-25)40(29(18)36-26)30(42)37-28/h6,15-21,23-29,33-36H,1,7-14H2,2-5H3,(H,37,42)/t16-,17?,18?,19?,20?,21?,23?,24?,25?,26?,27?,28?,29?/m0/s1. The maximum absolute atomic E-state index is 15.9. The van der Waals surface area contributed by atoms with E-state index in [0.29, 0.717) is 45.1 Å². The van der Waals surface area contributed by atoms with Gasteiger partial charge in [0.05, 0.1) is 18.4 Å². The zero-order valence-electron chi connectivity index (χ0n) is 25.4. The van der Waals surface area contributed by atoms with E-state index in [1.165, 1.54) is 6.08 Å². The van der Waals surface area contributed by atoms with Crippen molar-refractivity contribution >= 4 is 23.5 Å². The summed E-state index contributed by atoms with van der Waals surface area (Å²) in [6.45, 7) is 14.8. The Hall–Kier alpha value is -1.50. The second-order valence-corrected chi connectivity index (χ2v) is 14.4. The smallest absolute Gasteiger partial charge is 0.320 e. The average molecular weight is 609 g/mol. The van der Waals surface area contributed by atoms with Crippen molar-refractivity contribution in [3.8, 4) is 0 Å². The summed E-state index contributed by atoms with van der Waals surface area (Å²) in [6, 6.07) is -0.319. The summed E-state index contributed by atoms with van der Waals surface area (Å²) in [5.74, 6) is -0.0402. The molecule has 5 N–H and O–H groups in total. The van der Waals surface area contributed by atoms with Gasteiger partial charge >= 0.3 is 6.03 Å². The van der Waals surface area contributed by atoms with Crippen LogP contribution in [0.4, 0.5) is 9.18 Å². The summed E-state index contributed by atoms with van der Waals surface area (Å²) >= 11 is 7.25. The number of carbonyl (C=O) groups is 2. The van der Waals surface area contributed by atoms with E-state index in [1.807, 2.05) is 9.80 Å². The fourth-order valence-corrected chi connectivity index (χ4v) is 9.63. The molecule has 236 valence electrons. The summed E-state index contributed by atoms with van der Waals surface area (Å²) in [5, 5.41) is 18.2. The Morgan fingerprint density at radius 3 is 2.62 bits per heavy atom. The summed E-state index contributed by atoms with van der Waals surface area (Å²) < 4.78 is 15.9. The van der Waals surface area contributed by atoms with E-state index >= 15 is 4.39 Å². The Balaban J connectivity index is 1.39. The van der Waals surface area contributed by atoms with Crippen LogP contribution in [0.5, 0.6) is 0 Å². The number of fused-ring (bicyclic) bond motifs is 5. The van der Waals surface area contributed by atoms with Crippen LogP contribution >= 0.6 is 11.6 Å². The topological polar surface area (TPSA) is 104 Å². The molecule has 5 aliphatic heterocycles. The van der Waals surface area contributed by atoms with Crippen LogP contribution in [-0.4, -0.2) is 119 Å². The van der Waals surface area contributed by atoms with Crippen molar-refractivity contribution < 1.29 is 14.0 Å². The van der Waals surface area contributed by atoms with E-state index < -0.39 is 6.17 Å². The molecule has 1 saturated carbocycles. The average Bonchev–Trinajstić information content (AvgIpc) is 2.96. The Labute approximate surface area is 254 Å². The maximum Gasteiger partial charge on any atom is 0.320 e. The molecular formula is C30H50ClFN8O2. The summed E-state index contributed by atoms with van der Waals surface area (Å²) in [5.41, 5.74) is 0. The van der Waals surface area contributed by atoms with Gasteiger partial charge in [-0.1, -0.05) is 20.4 Å². The van der Waals surface area contributed by atoms with Crippen LogP contribution < -0.4 is 26.6 Å². The molecule has 10 nitrogen and oxygen atoms in total. The third kappa shape index (κ3) is 5.26. The van der Waals surface area contributed by atoms with E-state index in [-0.39, 0.29) is 83.8 Å². The monoisotopic (exact) mass is 608 g/mol. The third-order valence-corrected chi connectivity index (χ3v) is 11.6. The molecule has 13 atom stereocenters. The van der Waals surface area contributed by atoms with Crippen molar-refractivity contribution in [1.82, 2.24) is 41.3 Å². The van der Waals surface area contributed by atoms with Gasteiger partial charge in [0.25, 0.3) is 0 Å². The van der Waals surface area contributed by atoms with Crippen molar-refractivity contribution in [1.29, 1.82) is 0 Å². The van der Waals surface area contributed by atoms with E-state index in [1.54, 1.807) is 0 Å². The van der Waals surface area contributed by atoms with Crippen LogP contribution in [0.15, 0.2) is 12.7 Å². The van der Waals surface area contributed by atoms with E-state index in [2.05, 4.69) is 65.8 Å². The Morgan fingerprint density at radius 1 is 1.12 bits per heavy atom. The van der Waals surface area contributed by atoms with Gasteiger partial charge in [-0.15, -0.1) is 11.6 Å². The number of urea groups is 1. The van der Waals surface area contributed by atoms with Crippen LogP contribution in [0.25, 0.3) is 0 Å². The summed E-state index contributed by atoms with van der Waals surface area (Å²) in [7, 11) is 0. The molecule has 1 aliphatic carbocycles. The number of piperidine rings is 1. The van der Waals surface area contributed by atoms with Crippen molar-refractivity contribution in [2.24, 2.45) is 17.8 Å². The van der Waals surface area contributed by atoms with Gasteiger partial charge in [-0.2, -0.15) is 0 Å². The first-order valence-corrected chi connectivity index (χ1v) is 16.6. The van der Waals surface area contributed by atoms with Gasteiger partial charge in [-0.3, -0.25) is 25.6 Å². The highest BCUT2D eigenvalue weighted by Gasteiger charge is 2.58. The zero-order chi connectivity index (χ0) is 29.9. The molecule has 0 aromatic heterocycles. The lowest BCUT2D eigenvalue weighted by Gasteiger charge is -2.61. The second-order valence-electron chi connectivity index (χ2n) is 13.9. The van der Waals surface area contributed by atoms with Crippen molar-refractivity contribution in [3.63, 3.8) is 0 Å². The molecular weight excluding hydrogens is 559 g/mol. The molecule has 2 bridgehead atoms. The molecule has 6 fully saturated rings. The second kappa shape index (κ2) is 12.1. The fraction of sp³-hybridized carbons (Fsp3) is 0.867. The predicted molar refractivity (Wildman–Crippen MR) is 162 cm³/mol. The molecule has 6 rings (SSSR count). The van der Waals surface area contributed by atoms with Crippen LogP contribution in [0.3, 0.4) is 0 Å². The molecule has 5 saturated heterocycles. The van der Waals surface area contributed by atoms with Crippen LogP contribution in [-0.2, 0) is 4.79 Å². The molecule has 6 aliphatic rings. The first-order valence-electron chi connectivity index (χ1n) is 16.1. The Morgan fingerprint density at radius 2 is 1.90 bits per heavy atom. The quantitative estimate of drug-likeness (QED) is 0.244. The Kier molecular flexibility index (Phi) is 8.81. The van der Waals surface area contributed by atoms with E-state index in [9.17, 15) is 9.59 Å². The van der Waals surface area contributed by atoms with Crippen molar-refractivity contribution in [2.45, 2.75) is 120 Å². The van der Waals surface area contributed by atoms with E-state index in [0.717, 1.165) is 12.8 Å². The number of alkyl halides is 2. The summed E-state index contributed by atoms with van der Waals surface area (Å²) in [4.78, 5) is 33.0. The normalized spacial score (nSPS) is 46.4. The van der Waals surface area contributed by atoms with Gasteiger partial charge in [0.1, 0.15) is 6.17 Å². The number of carbonyl (C=O) groups excluding carboxylic acids is 2. The van der Waals surface area contributed by atoms with Crippen LogP contribution in [0.2, 0.25) is 0 Å². The van der Waals surface area contributed by atoms with Crippen molar-refractivity contribution in [3.05, 3.63) is 12.7 Å². The molecule has 5 heterocycles.